The van der Waals surface area contributed by atoms with Crippen molar-refractivity contribution in [3.63, 3.8) is 0 Å². The highest BCUT2D eigenvalue weighted by molar-refractivity contribution is 6.06. The van der Waals surface area contributed by atoms with Crippen molar-refractivity contribution in [3.8, 4) is 0 Å². The van der Waals surface area contributed by atoms with E-state index in [4.69, 9.17) is 10.3 Å². The second-order valence-electron chi connectivity index (χ2n) is 7.94. The molecular weight excluding hydrogens is 382 g/mol. The molecule has 1 fully saturated rings. The quantitative estimate of drug-likeness (QED) is 0.649. The first kappa shape index (κ1) is 20.0. The Balaban J connectivity index is 1.56. The Hall–Kier alpha value is -3.26. The largest absolute Gasteiger partial charge is 0.368 e. The van der Waals surface area contributed by atoms with E-state index in [-0.39, 0.29) is 23.8 Å². The molecule has 8 heteroatoms. The molecule has 1 aliphatic heterocycles. The zero-order valence-electron chi connectivity index (χ0n) is 17.1. The number of nitrogens with zero attached hydrogens (tertiary/aromatic N) is 3. The molecule has 0 radical (unpaired) electrons. The van der Waals surface area contributed by atoms with Crippen LogP contribution in [0.15, 0.2) is 41.1 Å². The molecule has 0 bridgehead atoms. The molecule has 30 heavy (non-hydrogen) atoms. The molecule has 1 atom stereocenters. The molecule has 1 saturated heterocycles. The van der Waals surface area contributed by atoms with E-state index in [2.05, 4.69) is 20.4 Å². The van der Waals surface area contributed by atoms with E-state index in [1.807, 2.05) is 38.1 Å². The van der Waals surface area contributed by atoms with Gasteiger partial charge in [0.15, 0.2) is 0 Å². The van der Waals surface area contributed by atoms with Crippen LogP contribution < -0.4 is 11.1 Å². The Morgan fingerprint density at radius 3 is 2.90 bits per heavy atom. The fraction of sp³-hybridized carbons (Fsp3) is 0.364. The van der Waals surface area contributed by atoms with Crippen molar-refractivity contribution in [2.45, 2.75) is 45.2 Å². The smallest absolute Gasteiger partial charge is 0.257 e. The lowest BCUT2D eigenvalue weighted by Gasteiger charge is -2.23. The van der Waals surface area contributed by atoms with Gasteiger partial charge in [-0.2, -0.15) is 0 Å². The second-order valence-corrected chi connectivity index (χ2v) is 7.94. The van der Waals surface area contributed by atoms with Gasteiger partial charge in [-0.1, -0.05) is 37.2 Å². The number of anilines is 1. The summed E-state index contributed by atoms with van der Waals surface area (Å²) >= 11 is 0. The van der Waals surface area contributed by atoms with Crippen LogP contribution in [0.2, 0.25) is 0 Å². The molecule has 1 aliphatic rings. The van der Waals surface area contributed by atoms with Crippen molar-refractivity contribution in [3.05, 3.63) is 53.3 Å². The number of carbonyl (C=O) groups excluding carboxylic acids is 2. The summed E-state index contributed by atoms with van der Waals surface area (Å²) in [5.74, 6) is -0.408. The van der Waals surface area contributed by atoms with Gasteiger partial charge < -0.3 is 15.6 Å². The van der Waals surface area contributed by atoms with E-state index in [1.165, 1.54) is 6.20 Å². The molecule has 8 nitrogen and oxygen atoms in total. The molecule has 3 aromatic rings. The van der Waals surface area contributed by atoms with Crippen molar-refractivity contribution >= 4 is 28.6 Å². The van der Waals surface area contributed by atoms with Crippen LogP contribution in [-0.2, 0) is 11.3 Å². The number of pyridine rings is 1. The SMILES string of the molecule is CC(C)c1noc2ncc(C(=O)Nc3ccccc3CN3CCCC3C(N)=O)cc12. The lowest BCUT2D eigenvalue weighted by atomic mass is 10.1. The maximum Gasteiger partial charge on any atom is 0.257 e. The zero-order valence-corrected chi connectivity index (χ0v) is 17.1. The number of hydrogen-bond acceptors (Lipinski definition) is 6. The Morgan fingerprint density at radius 1 is 1.33 bits per heavy atom. The van der Waals surface area contributed by atoms with Gasteiger partial charge in [-0.25, -0.2) is 4.98 Å². The third kappa shape index (κ3) is 3.91. The number of primary amides is 1. The fourth-order valence-electron chi connectivity index (χ4n) is 3.92. The highest BCUT2D eigenvalue weighted by atomic mass is 16.5. The van der Waals surface area contributed by atoms with Crippen LogP contribution in [0.1, 0.15) is 54.2 Å². The number of rotatable bonds is 6. The van der Waals surface area contributed by atoms with Crippen LogP contribution in [0.5, 0.6) is 0 Å². The average Bonchev–Trinajstić information content (AvgIpc) is 3.35. The van der Waals surface area contributed by atoms with Crippen LogP contribution in [0, 0.1) is 0 Å². The summed E-state index contributed by atoms with van der Waals surface area (Å²) in [5.41, 5.74) is 8.79. The third-order valence-electron chi connectivity index (χ3n) is 5.50. The van der Waals surface area contributed by atoms with Gasteiger partial charge >= 0.3 is 0 Å². The van der Waals surface area contributed by atoms with Gasteiger partial charge in [-0.05, 0) is 43.0 Å². The van der Waals surface area contributed by atoms with Crippen LogP contribution in [0.25, 0.3) is 11.1 Å². The van der Waals surface area contributed by atoms with E-state index < -0.39 is 0 Å². The molecule has 156 valence electrons. The van der Waals surface area contributed by atoms with Gasteiger partial charge in [0.05, 0.1) is 22.7 Å². The molecular formula is C22H25N5O3. The highest BCUT2D eigenvalue weighted by Gasteiger charge is 2.29. The molecule has 0 aliphatic carbocycles. The first-order valence-corrected chi connectivity index (χ1v) is 10.1. The Morgan fingerprint density at radius 2 is 2.13 bits per heavy atom. The highest BCUT2D eigenvalue weighted by Crippen LogP contribution is 2.26. The van der Waals surface area contributed by atoms with E-state index >= 15 is 0 Å². The zero-order chi connectivity index (χ0) is 21.3. The van der Waals surface area contributed by atoms with Gasteiger partial charge in [-0.3, -0.25) is 14.5 Å². The predicted octanol–water partition coefficient (Wildman–Crippen LogP) is 3.05. The lowest BCUT2D eigenvalue weighted by molar-refractivity contribution is -0.122. The summed E-state index contributed by atoms with van der Waals surface area (Å²) in [5, 5.41) is 7.78. The summed E-state index contributed by atoms with van der Waals surface area (Å²) < 4.78 is 5.25. The minimum absolute atomic E-state index is 0.158. The molecule has 0 spiro atoms. The first-order valence-electron chi connectivity index (χ1n) is 10.1. The second kappa shape index (κ2) is 8.23. The van der Waals surface area contributed by atoms with E-state index in [0.717, 1.165) is 36.0 Å². The Kier molecular flexibility index (Phi) is 5.50. The van der Waals surface area contributed by atoms with Crippen molar-refractivity contribution < 1.29 is 14.1 Å². The normalized spacial score (nSPS) is 17.0. The van der Waals surface area contributed by atoms with E-state index in [0.29, 0.717) is 23.5 Å². The van der Waals surface area contributed by atoms with Gasteiger partial charge in [0.1, 0.15) is 0 Å². The monoisotopic (exact) mass is 407 g/mol. The molecule has 4 rings (SSSR count). The number of nitrogens with one attached hydrogen (secondary N) is 1. The average molecular weight is 407 g/mol. The molecule has 3 heterocycles. The summed E-state index contributed by atoms with van der Waals surface area (Å²) in [7, 11) is 0. The number of likely N-dealkylation sites (tertiary alicyclic amines) is 1. The van der Waals surface area contributed by atoms with Crippen LogP contribution >= 0.6 is 0 Å². The number of para-hydroxylation sites is 1. The molecule has 1 unspecified atom stereocenters. The number of benzene rings is 1. The van der Waals surface area contributed by atoms with E-state index in [9.17, 15) is 9.59 Å². The van der Waals surface area contributed by atoms with Gasteiger partial charge in [0.25, 0.3) is 11.6 Å². The minimum atomic E-state index is -0.303. The summed E-state index contributed by atoms with van der Waals surface area (Å²) in [6.07, 6.45) is 3.19. The number of fused-ring (bicyclic) bond motifs is 1. The number of nitrogens with two attached hydrogens (primary N) is 1. The van der Waals surface area contributed by atoms with Crippen molar-refractivity contribution in [2.75, 3.05) is 11.9 Å². The molecule has 3 N–H and O–H groups in total. The molecule has 0 saturated carbocycles. The van der Waals surface area contributed by atoms with Gasteiger partial charge in [-0.15, -0.1) is 0 Å². The third-order valence-corrected chi connectivity index (χ3v) is 5.50. The standard InChI is InChI=1S/C22H25N5O3/c1-13(2)19-16-10-15(11-24-22(16)30-26-19)21(29)25-17-7-4-3-6-14(17)12-27-9-5-8-18(27)20(23)28/h3-4,6-7,10-11,13,18H,5,8-9,12H2,1-2H3,(H2,23,28)(H,25,29). The lowest BCUT2D eigenvalue weighted by Crippen LogP contribution is -2.39. The van der Waals surface area contributed by atoms with Crippen molar-refractivity contribution in [2.24, 2.45) is 5.73 Å². The molecule has 2 aromatic heterocycles. The molecule has 1 aromatic carbocycles. The first-order chi connectivity index (χ1) is 14.4. The summed E-state index contributed by atoms with van der Waals surface area (Å²) in [6.45, 7) is 5.38. The minimum Gasteiger partial charge on any atom is -0.368 e. The fourth-order valence-corrected chi connectivity index (χ4v) is 3.92. The summed E-state index contributed by atoms with van der Waals surface area (Å²) in [4.78, 5) is 30.9. The van der Waals surface area contributed by atoms with Gasteiger partial charge in [0.2, 0.25) is 5.91 Å². The number of carbonyl (C=O) groups is 2. The van der Waals surface area contributed by atoms with Crippen LogP contribution in [0.3, 0.4) is 0 Å². The Labute approximate surface area is 174 Å². The number of amides is 2. The predicted molar refractivity (Wildman–Crippen MR) is 113 cm³/mol. The maximum atomic E-state index is 12.9. The van der Waals surface area contributed by atoms with Crippen LogP contribution in [-0.4, -0.2) is 39.4 Å². The maximum absolute atomic E-state index is 12.9. The topological polar surface area (TPSA) is 114 Å². The summed E-state index contributed by atoms with van der Waals surface area (Å²) in [6, 6.07) is 9.09. The van der Waals surface area contributed by atoms with Crippen molar-refractivity contribution in [1.82, 2.24) is 15.0 Å². The van der Waals surface area contributed by atoms with Crippen LogP contribution in [0.4, 0.5) is 5.69 Å². The number of aromatic nitrogens is 2. The van der Waals surface area contributed by atoms with Crippen molar-refractivity contribution in [1.29, 1.82) is 0 Å². The molecule has 2 amide bonds. The van der Waals surface area contributed by atoms with Gasteiger partial charge in [0, 0.05) is 18.4 Å². The Bertz CT molecular complexity index is 1090. The number of hydrogen-bond donors (Lipinski definition) is 2. The van der Waals surface area contributed by atoms with E-state index in [1.54, 1.807) is 6.07 Å².